The van der Waals surface area contributed by atoms with Gasteiger partial charge in [-0.2, -0.15) is 0 Å². The number of carbonyl (C=O) groups excluding carboxylic acids is 2. The van der Waals surface area contributed by atoms with Crippen LogP contribution in [-0.4, -0.2) is 42.5 Å². The number of morpholine rings is 1. The summed E-state index contributed by atoms with van der Waals surface area (Å²) >= 11 is 0. The second kappa shape index (κ2) is 8.15. The van der Waals surface area contributed by atoms with Crippen LogP contribution in [0.3, 0.4) is 0 Å². The molecule has 5 nitrogen and oxygen atoms in total. The molecule has 2 aliphatic rings. The highest BCUT2D eigenvalue weighted by Gasteiger charge is 2.37. The molecule has 1 saturated carbocycles. The van der Waals surface area contributed by atoms with Crippen molar-refractivity contribution in [1.82, 2.24) is 4.90 Å². The molecule has 2 atom stereocenters. The van der Waals surface area contributed by atoms with Crippen LogP contribution in [0.25, 0.3) is 0 Å². The van der Waals surface area contributed by atoms with Crippen molar-refractivity contribution in [2.24, 2.45) is 5.92 Å². The first kappa shape index (κ1) is 18.7. The van der Waals surface area contributed by atoms with Gasteiger partial charge in [0.15, 0.2) is 0 Å². The van der Waals surface area contributed by atoms with Gasteiger partial charge in [-0.15, -0.1) is 0 Å². The lowest BCUT2D eigenvalue weighted by Crippen LogP contribution is -2.44. The van der Waals surface area contributed by atoms with Gasteiger partial charge in [0.1, 0.15) is 0 Å². The molecule has 5 heteroatoms. The summed E-state index contributed by atoms with van der Waals surface area (Å²) in [4.78, 5) is 27.4. The lowest BCUT2D eigenvalue weighted by molar-refractivity contribution is -0.118. The predicted molar refractivity (Wildman–Crippen MR) is 108 cm³/mol. The molecule has 1 aliphatic carbocycles. The molecule has 1 saturated heterocycles. The highest BCUT2D eigenvalue weighted by atomic mass is 16.5. The van der Waals surface area contributed by atoms with Crippen molar-refractivity contribution >= 4 is 17.5 Å². The molecular formula is C23H26N2O3. The van der Waals surface area contributed by atoms with Gasteiger partial charge in [0, 0.05) is 24.3 Å². The lowest BCUT2D eigenvalue weighted by Gasteiger charge is -2.31. The van der Waals surface area contributed by atoms with Gasteiger partial charge in [-0.1, -0.05) is 30.3 Å². The molecule has 0 bridgehead atoms. The zero-order valence-electron chi connectivity index (χ0n) is 16.1. The average molecular weight is 378 g/mol. The van der Waals surface area contributed by atoms with Gasteiger partial charge in [-0.25, -0.2) is 0 Å². The topological polar surface area (TPSA) is 58.6 Å². The van der Waals surface area contributed by atoms with Crippen molar-refractivity contribution in [3.8, 4) is 0 Å². The number of hydrogen-bond acceptors (Lipinski definition) is 3. The Kier molecular flexibility index (Phi) is 5.44. The minimum Gasteiger partial charge on any atom is -0.375 e. The summed E-state index contributed by atoms with van der Waals surface area (Å²) in [6.07, 6.45) is 2.25. The molecule has 2 aromatic rings. The SMILES string of the molecule is CC1CN(C(=O)c2ccc(NC(=O)C(c3ccccc3)C3CC3)cc2)CCO1. The third kappa shape index (κ3) is 4.25. The van der Waals surface area contributed by atoms with E-state index in [1.165, 1.54) is 0 Å². The van der Waals surface area contributed by atoms with E-state index in [0.29, 0.717) is 31.2 Å². The maximum atomic E-state index is 12.9. The first-order chi connectivity index (χ1) is 13.6. The van der Waals surface area contributed by atoms with Crippen LogP contribution in [0.4, 0.5) is 5.69 Å². The number of rotatable bonds is 5. The molecule has 146 valence electrons. The fourth-order valence-electron chi connectivity index (χ4n) is 3.83. The second-order valence-corrected chi connectivity index (χ2v) is 7.72. The van der Waals surface area contributed by atoms with Crippen LogP contribution in [-0.2, 0) is 9.53 Å². The fourth-order valence-corrected chi connectivity index (χ4v) is 3.83. The third-order valence-electron chi connectivity index (χ3n) is 5.46. The standard InChI is InChI=1S/C23H26N2O3/c1-16-15-25(13-14-28-16)23(27)19-9-11-20(12-10-19)24-22(26)21(18-7-8-18)17-5-3-2-4-6-17/h2-6,9-12,16,18,21H,7-8,13-15H2,1H3,(H,24,26). The number of hydrogen-bond donors (Lipinski definition) is 1. The normalized spacial score (nSPS) is 20.5. The predicted octanol–water partition coefficient (Wildman–Crippen LogP) is 3.68. The van der Waals surface area contributed by atoms with Gasteiger partial charge >= 0.3 is 0 Å². The van der Waals surface area contributed by atoms with Gasteiger partial charge in [0.05, 0.1) is 18.6 Å². The Morgan fingerprint density at radius 3 is 2.43 bits per heavy atom. The molecule has 1 heterocycles. The van der Waals surface area contributed by atoms with Crippen molar-refractivity contribution in [3.63, 3.8) is 0 Å². The average Bonchev–Trinajstić information content (AvgIpc) is 3.54. The van der Waals surface area contributed by atoms with Crippen LogP contribution in [0.1, 0.15) is 41.6 Å². The molecule has 2 fully saturated rings. The maximum Gasteiger partial charge on any atom is 0.254 e. The Bertz CT molecular complexity index is 831. The van der Waals surface area contributed by atoms with Crippen molar-refractivity contribution in [2.45, 2.75) is 31.8 Å². The van der Waals surface area contributed by atoms with Crippen LogP contribution in [0.15, 0.2) is 54.6 Å². The Hall–Kier alpha value is -2.66. The zero-order valence-corrected chi connectivity index (χ0v) is 16.1. The largest absolute Gasteiger partial charge is 0.375 e. The van der Waals surface area contributed by atoms with Crippen molar-refractivity contribution in [1.29, 1.82) is 0 Å². The molecule has 0 spiro atoms. The summed E-state index contributed by atoms with van der Waals surface area (Å²) in [5.74, 6) is 0.340. The van der Waals surface area contributed by atoms with E-state index in [1.54, 1.807) is 12.1 Å². The van der Waals surface area contributed by atoms with Gasteiger partial charge < -0.3 is 15.0 Å². The van der Waals surface area contributed by atoms with E-state index >= 15 is 0 Å². The number of nitrogens with one attached hydrogen (secondary N) is 1. The summed E-state index contributed by atoms with van der Waals surface area (Å²) in [5.41, 5.74) is 2.42. The van der Waals surface area contributed by atoms with E-state index in [-0.39, 0.29) is 23.8 Å². The van der Waals surface area contributed by atoms with Gasteiger partial charge in [-0.3, -0.25) is 9.59 Å². The summed E-state index contributed by atoms with van der Waals surface area (Å²) in [5, 5.41) is 3.03. The van der Waals surface area contributed by atoms with Gasteiger partial charge in [0.2, 0.25) is 5.91 Å². The van der Waals surface area contributed by atoms with E-state index in [2.05, 4.69) is 5.32 Å². The van der Waals surface area contributed by atoms with E-state index in [0.717, 1.165) is 24.1 Å². The molecule has 4 rings (SSSR count). The molecule has 1 N–H and O–H groups in total. The van der Waals surface area contributed by atoms with Crippen LogP contribution in [0, 0.1) is 5.92 Å². The first-order valence-corrected chi connectivity index (χ1v) is 9.98. The van der Waals surface area contributed by atoms with Crippen LogP contribution in [0.5, 0.6) is 0 Å². The van der Waals surface area contributed by atoms with Crippen molar-refractivity contribution in [3.05, 3.63) is 65.7 Å². The summed E-state index contributed by atoms with van der Waals surface area (Å²) in [7, 11) is 0. The van der Waals surface area contributed by atoms with Crippen LogP contribution in [0.2, 0.25) is 0 Å². The van der Waals surface area contributed by atoms with E-state index in [9.17, 15) is 9.59 Å². The van der Waals surface area contributed by atoms with Crippen LogP contribution >= 0.6 is 0 Å². The highest BCUT2D eigenvalue weighted by Crippen LogP contribution is 2.43. The highest BCUT2D eigenvalue weighted by molar-refractivity contribution is 5.98. The maximum absolute atomic E-state index is 12.9. The summed E-state index contributed by atoms with van der Waals surface area (Å²) in [6, 6.07) is 17.2. The number of amides is 2. The van der Waals surface area contributed by atoms with Crippen molar-refractivity contribution in [2.75, 3.05) is 25.0 Å². The number of nitrogens with zero attached hydrogens (tertiary/aromatic N) is 1. The minimum absolute atomic E-state index is 0.00756. The second-order valence-electron chi connectivity index (χ2n) is 7.72. The molecule has 2 unspecified atom stereocenters. The Labute approximate surface area is 165 Å². The molecule has 2 aromatic carbocycles. The van der Waals surface area contributed by atoms with Gasteiger partial charge in [-0.05, 0) is 55.5 Å². The van der Waals surface area contributed by atoms with E-state index < -0.39 is 0 Å². The molecule has 1 aliphatic heterocycles. The number of benzene rings is 2. The third-order valence-corrected chi connectivity index (χ3v) is 5.46. The number of carbonyl (C=O) groups is 2. The zero-order chi connectivity index (χ0) is 19.5. The fraction of sp³-hybridized carbons (Fsp3) is 0.391. The summed E-state index contributed by atoms with van der Waals surface area (Å²) < 4.78 is 5.50. The number of anilines is 1. The molecular weight excluding hydrogens is 352 g/mol. The quantitative estimate of drug-likeness (QED) is 0.863. The van der Waals surface area contributed by atoms with Gasteiger partial charge in [0.25, 0.3) is 5.91 Å². The lowest BCUT2D eigenvalue weighted by atomic mass is 9.93. The Morgan fingerprint density at radius 2 is 1.79 bits per heavy atom. The van der Waals surface area contributed by atoms with Crippen molar-refractivity contribution < 1.29 is 14.3 Å². The summed E-state index contributed by atoms with van der Waals surface area (Å²) in [6.45, 7) is 3.77. The van der Waals surface area contributed by atoms with E-state index in [1.807, 2.05) is 54.3 Å². The number of ether oxygens (including phenoxy) is 1. The molecule has 28 heavy (non-hydrogen) atoms. The van der Waals surface area contributed by atoms with Crippen LogP contribution < -0.4 is 5.32 Å². The molecule has 2 amide bonds. The minimum atomic E-state index is -0.114. The monoisotopic (exact) mass is 378 g/mol. The Morgan fingerprint density at radius 1 is 1.07 bits per heavy atom. The van der Waals surface area contributed by atoms with E-state index in [4.69, 9.17) is 4.74 Å². The Balaban J connectivity index is 1.42. The molecule has 0 aromatic heterocycles. The molecule has 0 radical (unpaired) electrons. The smallest absolute Gasteiger partial charge is 0.254 e. The first-order valence-electron chi connectivity index (χ1n) is 9.98.